The molecule has 0 fully saturated rings. The molecule has 0 bridgehead atoms. The van der Waals surface area contributed by atoms with Gasteiger partial charge < -0.3 is 9.47 Å². The molecule has 122 valence electrons. The van der Waals surface area contributed by atoms with Crippen LogP contribution in [0.1, 0.15) is 12.7 Å². The molecule has 3 rings (SSSR count). The number of ether oxygens (including phenoxy) is 2. The van der Waals surface area contributed by atoms with Crippen LogP contribution >= 0.6 is 0 Å². The number of methoxy groups -OCH3 is 1. The SMILES string of the molecule is COc1ccc(-n2c(C)nc3ccc(OC(C)=O)cc3c2=O)cc1. The van der Waals surface area contributed by atoms with Gasteiger partial charge in [-0.25, -0.2) is 4.98 Å². The second kappa shape index (κ2) is 6.16. The lowest BCUT2D eigenvalue weighted by atomic mass is 10.2. The smallest absolute Gasteiger partial charge is 0.308 e. The zero-order valence-electron chi connectivity index (χ0n) is 13.6. The number of carbonyl (C=O) groups excluding carboxylic acids is 1. The van der Waals surface area contributed by atoms with Crippen LogP contribution in [0, 0.1) is 6.92 Å². The predicted octanol–water partition coefficient (Wildman–Crippen LogP) is 2.63. The van der Waals surface area contributed by atoms with E-state index < -0.39 is 5.97 Å². The number of esters is 1. The summed E-state index contributed by atoms with van der Waals surface area (Å²) in [7, 11) is 1.58. The third-order valence-corrected chi connectivity index (χ3v) is 3.60. The van der Waals surface area contributed by atoms with Crippen LogP contribution in [0.2, 0.25) is 0 Å². The zero-order valence-corrected chi connectivity index (χ0v) is 13.6. The second-order valence-electron chi connectivity index (χ2n) is 5.27. The second-order valence-corrected chi connectivity index (χ2v) is 5.27. The summed E-state index contributed by atoms with van der Waals surface area (Å²) >= 11 is 0. The maximum absolute atomic E-state index is 12.9. The molecule has 0 aliphatic carbocycles. The molecule has 2 aromatic carbocycles. The Kier molecular flexibility index (Phi) is 4.04. The van der Waals surface area contributed by atoms with Gasteiger partial charge in [0.15, 0.2) is 0 Å². The highest BCUT2D eigenvalue weighted by Gasteiger charge is 2.11. The zero-order chi connectivity index (χ0) is 17.3. The van der Waals surface area contributed by atoms with Gasteiger partial charge in [0, 0.05) is 6.92 Å². The molecule has 1 aromatic heterocycles. The van der Waals surface area contributed by atoms with Gasteiger partial charge >= 0.3 is 5.97 Å². The first kappa shape index (κ1) is 15.7. The van der Waals surface area contributed by atoms with E-state index in [0.29, 0.717) is 33.9 Å². The van der Waals surface area contributed by atoms with Crippen LogP contribution in [0.3, 0.4) is 0 Å². The molecule has 24 heavy (non-hydrogen) atoms. The van der Waals surface area contributed by atoms with Crippen molar-refractivity contribution in [2.75, 3.05) is 7.11 Å². The standard InChI is InChI=1S/C18H16N2O4/c1-11-19-17-9-8-15(24-12(2)21)10-16(17)18(22)20(11)13-4-6-14(23-3)7-5-13/h4-10H,1-3H3. The molecule has 1 heterocycles. The number of carbonyl (C=O) groups is 1. The predicted molar refractivity (Wildman–Crippen MR) is 89.9 cm³/mol. The van der Waals surface area contributed by atoms with Crippen molar-refractivity contribution in [1.29, 1.82) is 0 Å². The van der Waals surface area contributed by atoms with Gasteiger partial charge in [0.05, 0.1) is 23.7 Å². The van der Waals surface area contributed by atoms with E-state index in [-0.39, 0.29) is 5.56 Å². The van der Waals surface area contributed by atoms with Crippen molar-refractivity contribution in [3.05, 3.63) is 58.6 Å². The summed E-state index contributed by atoms with van der Waals surface area (Å²) in [5.41, 5.74) is 1.01. The lowest BCUT2D eigenvalue weighted by Crippen LogP contribution is -2.22. The normalized spacial score (nSPS) is 10.6. The minimum atomic E-state index is -0.440. The van der Waals surface area contributed by atoms with Crippen molar-refractivity contribution < 1.29 is 14.3 Å². The summed E-state index contributed by atoms with van der Waals surface area (Å²) in [5, 5.41) is 0.384. The highest BCUT2D eigenvalue weighted by Crippen LogP contribution is 2.20. The van der Waals surface area contributed by atoms with Crippen LogP contribution in [0.15, 0.2) is 47.3 Å². The molecule has 3 aromatic rings. The Hall–Kier alpha value is -3.15. The summed E-state index contributed by atoms with van der Waals surface area (Å²) in [6.07, 6.45) is 0. The van der Waals surface area contributed by atoms with E-state index in [2.05, 4.69) is 4.98 Å². The van der Waals surface area contributed by atoms with Gasteiger partial charge in [-0.05, 0) is 49.4 Å². The number of benzene rings is 2. The summed E-state index contributed by atoms with van der Waals surface area (Å²) in [6.45, 7) is 3.08. The molecular formula is C18H16N2O4. The molecule has 0 spiro atoms. The number of aryl methyl sites for hydroxylation is 1. The fourth-order valence-corrected chi connectivity index (χ4v) is 2.54. The average molecular weight is 324 g/mol. The molecular weight excluding hydrogens is 308 g/mol. The largest absolute Gasteiger partial charge is 0.497 e. The van der Waals surface area contributed by atoms with E-state index in [1.54, 1.807) is 50.4 Å². The Morgan fingerprint density at radius 3 is 2.38 bits per heavy atom. The molecule has 0 radical (unpaired) electrons. The van der Waals surface area contributed by atoms with E-state index in [4.69, 9.17) is 9.47 Å². The Bertz CT molecular complexity index is 975. The summed E-state index contributed by atoms with van der Waals surface area (Å²) < 4.78 is 11.7. The van der Waals surface area contributed by atoms with E-state index in [0.717, 1.165) is 0 Å². The van der Waals surface area contributed by atoms with Crippen LogP contribution in [0.5, 0.6) is 11.5 Å². The monoisotopic (exact) mass is 324 g/mol. The van der Waals surface area contributed by atoms with Crippen LogP contribution in [0.4, 0.5) is 0 Å². The van der Waals surface area contributed by atoms with Gasteiger partial charge in [0.2, 0.25) is 0 Å². The van der Waals surface area contributed by atoms with E-state index in [1.807, 2.05) is 0 Å². The molecule has 0 amide bonds. The highest BCUT2D eigenvalue weighted by molar-refractivity contribution is 5.81. The first-order valence-electron chi connectivity index (χ1n) is 7.36. The fourth-order valence-electron chi connectivity index (χ4n) is 2.54. The van der Waals surface area contributed by atoms with Gasteiger partial charge in [-0.2, -0.15) is 0 Å². The van der Waals surface area contributed by atoms with Gasteiger partial charge in [-0.15, -0.1) is 0 Å². The van der Waals surface area contributed by atoms with Crippen LogP contribution in [-0.2, 0) is 4.79 Å². The molecule has 6 nitrogen and oxygen atoms in total. The maximum Gasteiger partial charge on any atom is 0.308 e. The topological polar surface area (TPSA) is 70.4 Å². The van der Waals surface area contributed by atoms with Crippen molar-refractivity contribution in [3.63, 3.8) is 0 Å². The number of rotatable bonds is 3. The molecule has 0 unspecified atom stereocenters. The maximum atomic E-state index is 12.9. The van der Waals surface area contributed by atoms with Crippen LogP contribution in [0.25, 0.3) is 16.6 Å². The van der Waals surface area contributed by atoms with Crippen LogP contribution in [-0.4, -0.2) is 22.6 Å². The van der Waals surface area contributed by atoms with Gasteiger partial charge in [-0.1, -0.05) is 0 Å². The Morgan fingerprint density at radius 1 is 1.08 bits per heavy atom. The third-order valence-electron chi connectivity index (χ3n) is 3.60. The van der Waals surface area contributed by atoms with E-state index in [9.17, 15) is 9.59 Å². The average Bonchev–Trinajstić information content (AvgIpc) is 2.55. The molecule has 0 saturated carbocycles. The van der Waals surface area contributed by atoms with E-state index in [1.165, 1.54) is 17.6 Å². The summed E-state index contributed by atoms with van der Waals surface area (Å²) in [5.74, 6) is 1.15. The lowest BCUT2D eigenvalue weighted by Gasteiger charge is -2.12. The van der Waals surface area contributed by atoms with Crippen molar-refractivity contribution >= 4 is 16.9 Å². The summed E-state index contributed by atoms with van der Waals surface area (Å²) in [4.78, 5) is 28.5. The minimum absolute atomic E-state index is 0.225. The summed E-state index contributed by atoms with van der Waals surface area (Å²) in [6, 6.07) is 12.0. The number of fused-ring (bicyclic) bond motifs is 1. The van der Waals surface area contributed by atoms with Crippen molar-refractivity contribution in [2.24, 2.45) is 0 Å². The van der Waals surface area contributed by atoms with Gasteiger partial charge in [0.1, 0.15) is 17.3 Å². The van der Waals surface area contributed by atoms with Crippen LogP contribution < -0.4 is 15.0 Å². The number of hydrogen-bond acceptors (Lipinski definition) is 5. The number of aromatic nitrogens is 2. The molecule has 0 N–H and O–H groups in total. The fraction of sp³-hybridized carbons (Fsp3) is 0.167. The van der Waals surface area contributed by atoms with Crippen molar-refractivity contribution in [3.8, 4) is 17.2 Å². The van der Waals surface area contributed by atoms with Gasteiger partial charge in [-0.3, -0.25) is 14.2 Å². The highest BCUT2D eigenvalue weighted by atomic mass is 16.5. The number of hydrogen-bond donors (Lipinski definition) is 0. The van der Waals surface area contributed by atoms with Crippen molar-refractivity contribution in [2.45, 2.75) is 13.8 Å². The first-order chi connectivity index (χ1) is 11.5. The number of nitrogens with zero attached hydrogens (tertiary/aromatic N) is 2. The molecule has 0 saturated heterocycles. The third kappa shape index (κ3) is 2.86. The minimum Gasteiger partial charge on any atom is -0.497 e. The molecule has 0 atom stereocenters. The Morgan fingerprint density at radius 2 is 1.75 bits per heavy atom. The van der Waals surface area contributed by atoms with Crippen molar-refractivity contribution in [1.82, 2.24) is 9.55 Å². The first-order valence-corrected chi connectivity index (χ1v) is 7.36. The molecule has 0 aliphatic heterocycles. The molecule has 6 heteroatoms. The Labute approximate surface area is 138 Å². The Balaban J connectivity index is 2.20. The van der Waals surface area contributed by atoms with Gasteiger partial charge in [0.25, 0.3) is 5.56 Å². The molecule has 0 aliphatic rings. The lowest BCUT2D eigenvalue weighted by molar-refractivity contribution is -0.131. The van der Waals surface area contributed by atoms with E-state index >= 15 is 0 Å². The quantitative estimate of drug-likeness (QED) is 0.547.